The van der Waals surface area contributed by atoms with Gasteiger partial charge in [0, 0.05) is 43.5 Å². The molecule has 0 atom stereocenters. The van der Waals surface area contributed by atoms with E-state index in [0.717, 1.165) is 40.9 Å². The third-order valence-corrected chi connectivity index (χ3v) is 6.27. The van der Waals surface area contributed by atoms with E-state index in [2.05, 4.69) is 16.1 Å². The number of fused-ring (bicyclic) bond motifs is 1. The minimum absolute atomic E-state index is 0.0667. The minimum Gasteiger partial charge on any atom is -0.497 e. The van der Waals surface area contributed by atoms with Crippen molar-refractivity contribution in [2.24, 2.45) is 0 Å². The number of amides is 1. The first-order valence-electron chi connectivity index (χ1n) is 11.3. The van der Waals surface area contributed by atoms with Crippen LogP contribution in [-0.4, -0.2) is 53.9 Å². The van der Waals surface area contributed by atoms with Crippen molar-refractivity contribution in [3.8, 4) is 17.0 Å². The molecule has 34 heavy (non-hydrogen) atoms. The summed E-state index contributed by atoms with van der Waals surface area (Å²) in [6.45, 7) is 2.60. The lowest BCUT2D eigenvalue weighted by Gasteiger charge is -2.36. The molecule has 4 aromatic rings. The molecule has 0 radical (unpaired) electrons. The van der Waals surface area contributed by atoms with Crippen LogP contribution in [-0.2, 0) is 11.3 Å². The van der Waals surface area contributed by atoms with Crippen molar-refractivity contribution >= 4 is 22.4 Å². The van der Waals surface area contributed by atoms with Gasteiger partial charge in [-0.05, 0) is 47.2 Å². The fourth-order valence-electron chi connectivity index (χ4n) is 4.30. The molecule has 7 heteroatoms. The SMILES string of the molecule is COc1ccc(N2CCN(C(=O)Cn3nc(-c4ccc5ccccc5c4)ccc3=O)CC2)cc1. The molecule has 1 amide bonds. The smallest absolute Gasteiger partial charge is 0.267 e. The van der Waals surface area contributed by atoms with E-state index in [9.17, 15) is 9.59 Å². The zero-order chi connectivity index (χ0) is 23.5. The van der Waals surface area contributed by atoms with Crippen LogP contribution in [0.25, 0.3) is 22.0 Å². The first kappa shape index (κ1) is 21.7. The molecular weight excluding hydrogens is 428 g/mol. The van der Waals surface area contributed by atoms with E-state index in [-0.39, 0.29) is 18.0 Å². The molecule has 0 bridgehead atoms. The monoisotopic (exact) mass is 454 g/mol. The lowest BCUT2D eigenvalue weighted by Crippen LogP contribution is -2.50. The largest absolute Gasteiger partial charge is 0.497 e. The van der Waals surface area contributed by atoms with Crippen LogP contribution >= 0.6 is 0 Å². The minimum atomic E-state index is -0.283. The van der Waals surface area contributed by atoms with Gasteiger partial charge in [-0.25, -0.2) is 4.68 Å². The van der Waals surface area contributed by atoms with E-state index in [4.69, 9.17) is 4.74 Å². The maximum atomic E-state index is 13.0. The van der Waals surface area contributed by atoms with Crippen LogP contribution in [0.15, 0.2) is 83.7 Å². The predicted octanol–water partition coefficient (Wildman–Crippen LogP) is 3.42. The summed E-state index contributed by atoms with van der Waals surface area (Å²) in [4.78, 5) is 29.4. The molecule has 172 valence electrons. The number of nitrogens with zero attached hydrogens (tertiary/aromatic N) is 4. The molecule has 0 spiro atoms. The topological polar surface area (TPSA) is 67.7 Å². The number of anilines is 1. The Kier molecular flexibility index (Phi) is 5.99. The second kappa shape index (κ2) is 9.39. The van der Waals surface area contributed by atoms with Crippen molar-refractivity contribution in [1.29, 1.82) is 0 Å². The van der Waals surface area contributed by atoms with Gasteiger partial charge in [0.05, 0.1) is 12.8 Å². The molecule has 1 fully saturated rings. The number of hydrogen-bond donors (Lipinski definition) is 0. The third kappa shape index (κ3) is 4.50. The maximum Gasteiger partial charge on any atom is 0.267 e. The van der Waals surface area contributed by atoms with Gasteiger partial charge in [-0.2, -0.15) is 5.10 Å². The molecule has 0 N–H and O–H groups in total. The van der Waals surface area contributed by atoms with Crippen molar-refractivity contribution in [1.82, 2.24) is 14.7 Å². The van der Waals surface area contributed by atoms with Gasteiger partial charge < -0.3 is 14.5 Å². The summed E-state index contributed by atoms with van der Waals surface area (Å²) < 4.78 is 6.49. The molecule has 1 aromatic heterocycles. The number of hydrogen-bond acceptors (Lipinski definition) is 5. The van der Waals surface area contributed by atoms with Crippen LogP contribution in [0.2, 0.25) is 0 Å². The normalized spacial score (nSPS) is 13.8. The predicted molar refractivity (Wildman–Crippen MR) is 133 cm³/mol. The average Bonchev–Trinajstić information content (AvgIpc) is 2.90. The molecule has 1 aliphatic rings. The van der Waals surface area contributed by atoms with Crippen molar-refractivity contribution in [2.45, 2.75) is 6.54 Å². The van der Waals surface area contributed by atoms with Crippen LogP contribution < -0.4 is 15.2 Å². The van der Waals surface area contributed by atoms with Crippen LogP contribution in [0.1, 0.15) is 0 Å². The molecule has 5 rings (SSSR count). The molecule has 1 aliphatic heterocycles. The first-order valence-corrected chi connectivity index (χ1v) is 11.3. The highest BCUT2D eigenvalue weighted by molar-refractivity contribution is 5.86. The fraction of sp³-hybridized carbons (Fsp3) is 0.222. The zero-order valence-corrected chi connectivity index (χ0v) is 19.1. The van der Waals surface area contributed by atoms with E-state index in [0.29, 0.717) is 18.8 Å². The van der Waals surface area contributed by atoms with Gasteiger partial charge in [0.25, 0.3) is 5.56 Å². The standard InChI is InChI=1S/C27H26N4O3/c1-34-24-10-8-23(9-11-24)29-14-16-30(17-15-29)27(33)19-31-26(32)13-12-25(28-31)22-7-6-20-4-2-3-5-21(20)18-22/h2-13,18H,14-17,19H2,1H3. The second-order valence-corrected chi connectivity index (χ2v) is 8.34. The Morgan fingerprint density at radius 3 is 2.35 bits per heavy atom. The van der Waals surface area contributed by atoms with Gasteiger partial charge in [-0.3, -0.25) is 9.59 Å². The van der Waals surface area contributed by atoms with Gasteiger partial charge in [-0.15, -0.1) is 0 Å². The van der Waals surface area contributed by atoms with Crippen LogP contribution in [0.4, 0.5) is 5.69 Å². The third-order valence-electron chi connectivity index (χ3n) is 6.27. The highest BCUT2D eigenvalue weighted by Gasteiger charge is 2.22. The molecule has 7 nitrogen and oxygen atoms in total. The summed E-state index contributed by atoms with van der Waals surface area (Å²) in [6, 6.07) is 25.3. The van der Waals surface area contributed by atoms with Crippen LogP contribution in [0.3, 0.4) is 0 Å². The van der Waals surface area contributed by atoms with Crippen molar-refractivity contribution < 1.29 is 9.53 Å². The Balaban J connectivity index is 1.27. The fourth-order valence-corrected chi connectivity index (χ4v) is 4.30. The molecule has 2 heterocycles. The quantitative estimate of drug-likeness (QED) is 0.462. The number of carbonyl (C=O) groups excluding carboxylic acids is 1. The Morgan fingerprint density at radius 1 is 0.882 bits per heavy atom. The Bertz CT molecular complexity index is 1370. The van der Waals surface area contributed by atoms with Crippen molar-refractivity contribution in [3.63, 3.8) is 0 Å². The van der Waals surface area contributed by atoms with Gasteiger partial charge in [0.15, 0.2) is 0 Å². The van der Waals surface area contributed by atoms with Gasteiger partial charge >= 0.3 is 0 Å². The van der Waals surface area contributed by atoms with Crippen LogP contribution in [0, 0.1) is 0 Å². The Labute approximate surface area is 197 Å². The molecular formula is C27H26N4O3. The number of benzene rings is 3. The van der Waals surface area contributed by atoms with Gasteiger partial charge in [0.2, 0.25) is 5.91 Å². The second-order valence-electron chi connectivity index (χ2n) is 8.34. The summed E-state index contributed by atoms with van der Waals surface area (Å²) in [6.07, 6.45) is 0. The summed E-state index contributed by atoms with van der Waals surface area (Å²) in [5, 5.41) is 6.74. The lowest BCUT2D eigenvalue weighted by atomic mass is 10.1. The maximum absolute atomic E-state index is 13.0. The highest BCUT2D eigenvalue weighted by atomic mass is 16.5. The average molecular weight is 455 g/mol. The van der Waals surface area contributed by atoms with Crippen molar-refractivity contribution in [3.05, 3.63) is 89.2 Å². The summed E-state index contributed by atoms with van der Waals surface area (Å²) in [5.74, 6) is 0.723. The Hall–Kier alpha value is -4.13. The number of methoxy groups -OCH3 is 1. The molecule has 3 aromatic carbocycles. The van der Waals surface area contributed by atoms with E-state index in [1.54, 1.807) is 18.1 Å². The highest BCUT2D eigenvalue weighted by Crippen LogP contribution is 2.23. The summed E-state index contributed by atoms with van der Waals surface area (Å²) in [7, 11) is 1.65. The summed E-state index contributed by atoms with van der Waals surface area (Å²) in [5.41, 5.74) is 2.40. The van der Waals surface area contributed by atoms with E-state index in [1.165, 1.54) is 10.7 Å². The van der Waals surface area contributed by atoms with E-state index >= 15 is 0 Å². The molecule has 0 unspecified atom stereocenters. The molecule has 0 aliphatic carbocycles. The summed E-state index contributed by atoms with van der Waals surface area (Å²) >= 11 is 0. The van der Waals surface area contributed by atoms with Gasteiger partial charge in [0.1, 0.15) is 12.3 Å². The number of ether oxygens (including phenoxy) is 1. The number of piperazine rings is 1. The number of rotatable bonds is 5. The number of aromatic nitrogens is 2. The van der Waals surface area contributed by atoms with Gasteiger partial charge in [-0.1, -0.05) is 36.4 Å². The zero-order valence-electron chi connectivity index (χ0n) is 19.1. The van der Waals surface area contributed by atoms with Crippen LogP contribution in [0.5, 0.6) is 5.75 Å². The molecule has 1 saturated heterocycles. The Morgan fingerprint density at radius 2 is 1.62 bits per heavy atom. The first-order chi connectivity index (χ1) is 16.6. The van der Waals surface area contributed by atoms with Crippen molar-refractivity contribution in [2.75, 3.05) is 38.2 Å². The van der Waals surface area contributed by atoms with E-state index in [1.807, 2.05) is 60.7 Å². The molecule has 0 saturated carbocycles. The lowest BCUT2D eigenvalue weighted by molar-refractivity contribution is -0.132. The van der Waals surface area contributed by atoms with E-state index < -0.39 is 0 Å². The number of carbonyl (C=O) groups is 1.